The Hall–Kier alpha value is -1.11. The number of halogens is 1. The van der Waals surface area contributed by atoms with Crippen LogP contribution >= 0.6 is 23.7 Å². The van der Waals surface area contributed by atoms with Crippen molar-refractivity contribution in [2.24, 2.45) is 11.7 Å². The highest BCUT2D eigenvalue weighted by Gasteiger charge is 2.23. The molecule has 1 heterocycles. The monoisotopic (exact) mass is 347 g/mol. The van der Waals surface area contributed by atoms with Gasteiger partial charge in [0.2, 0.25) is 11.8 Å². The summed E-state index contributed by atoms with van der Waals surface area (Å²) in [4.78, 5) is 24.7. The number of rotatable bonds is 7. The number of hydrogen-bond acceptors (Lipinski definition) is 4. The van der Waals surface area contributed by atoms with Crippen LogP contribution in [0.25, 0.3) is 0 Å². The van der Waals surface area contributed by atoms with E-state index in [2.05, 4.69) is 30.5 Å². The van der Waals surface area contributed by atoms with Crippen molar-refractivity contribution in [2.45, 2.75) is 39.2 Å². The molecule has 1 atom stereocenters. The second kappa shape index (κ2) is 9.12. The molecule has 0 aliphatic rings. The molecule has 2 amide bonds. The third kappa shape index (κ3) is 6.34. The van der Waals surface area contributed by atoms with Gasteiger partial charge >= 0.3 is 0 Å². The van der Waals surface area contributed by atoms with Crippen LogP contribution in [-0.2, 0) is 15.0 Å². The molecule has 4 N–H and O–H groups in total. The molecule has 0 fully saturated rings. The van der Waals surface area contributed by atoms with E-state index >= 15 is 0 Å². The predicted molar refractivity (Wildman–Crippen MR) is 93.4 cm³/mol. The Morgan fingerprint density at radius 3 is 2.45 bits per heavy atom. The lowest BCUT2D eigenvalue weighted by atomic mass is 9.91. The summed E-state index contributed by atoms with van der Waals surface area (Å²) in [5, 5.41) is 7.43. The molecular formula is C15H26ClN3O2S. The Morgan fingerprint density at radius 1 is 1.32 bits per heavy atom. The van der Waals surface area contributed by atoms with Gasteiger partial charge in [-0.15, -0.1) is 23.7 Å². The van der Waals surface area contributed by atoms with E-state index in [1.165, 1.54) is 4.88 Å². The quantitative estimate of drug-likeness (QED) is 0.701. The van der Waals surface area contributed by atoms with Gasteiger partial charge in [-0.05, 0) is 17.4 Å². The van der Waals surface area contributed by atoms with E-state index in [0.717, 1.165) is 0 Å². The van der Waals surface area contributed by atoms with Gasteiger partial charge in [-0.3, -0.25) is 9.59 Å². The molecule has 0 saturated heterocycles. The van der Waals surface area contributed by atoms with Crippen LogP contribution in [0.3, 0.4) is 0 Å². The third-order valence-electron chi connectivity index (χ3n) is 3.36. The van der Waals surface area contributed by atoms with Crippen LogP contribution in [-0.4, -0.2) is 30.9 Å². The first-order chi connectivity index (χ1) is 9.74. The standard InChI is InChI=1S/C15H25N3O2S.ClH/c1-10(2)13(16)14(20)17-8-12(19)18-9-15(3,4)11-6-5-7-21-11;/h5-7,10,13H,8-9,16H2,1-4H3,(H,17,20)(H,18,19);1H/t13-;/m0./s1. The average Bonchev–Trinajstić information content (AvgIpc) is 2.96. The van der Waals surface area contributed by atoms with Gasteiger partial charge < -0.3 is 16.4 Å². The van der Waals surface area contributed by atoms with Crippen LogP contribution in [0.1, 0.15) is 32.6 Å². The summed E-state index contributed by atoms with van der Waals surface area (Å²) in [6.45, 7) is 8.37. The van der Waals surface area contributed by atoms with E-state index in [-0.39, 0.29) is 42.1 Å². The van der Waals surface area contributed by atoms with E-state index in [1.807, 2.05) is 25.3 Å². The highest BCUT2D eigenvalue weighted by Crippen LogP contribution is 2.26. The first kappa shape index (κ1) is 20.9. The minimum absolute atomic E-state index is 0. The molecule has 0 radical (unpaired) electrons. The number of carbonyl (C=O) groups is 2. The van der Waals surface area contributed by atoms with Gasteiger partial charge in [0.25, 0.3) is 0 Å². The van der Waals surface area contributed by atoms with E-state index in [9.17, 15) is 9.59 Å². The van der Waals surface area contributed by atoms with Crippen molar-refractivity contribution in [1.82, 2.24) is 10.6 Å². The molecule has 7 heteroatoms. The van der Waals surface area contributed by atoms with Crippen LogP contribution < -0.4 is 16.4 Å². The van der Waals surface area contributed by atoms with Crippen molar-refractivity contribution in [2.75, 3.05) is 13.1 Å². The summed E-state index contributed by atoms with van der Waals surface area (Å²) in [5.41, 5.74) is 5.59. The van der Waals surface area contributed by atoms with Crippen LogP contribution in [0, 0.1) is 5.92 Å². The summed E-state index contributed by atoms with van der Waals surface area (Å²) >= 11 is 1.67. The van der Waals surface area contributed by atoms with Crippen molar-refractivity contribution in [3.63, 3.8) is 0 Å². The number of nitrogens with one attached hydrogen (secondary N) is 2. The average molecular weight is 348 g/mol. The molecule has 0 bridgehead atoms. The Labute approximate surface area is 142 Å². The van der Waals surface area contributed by atoms with E-state index in [0.29, 0.717) is 6.54 Å². The van der Waals surface area contributed by atoms with Crippen LogP contribution in [0.5, 0.6) is 0 Å². The minimum atomic E-state index is -0.583. The molecule has 126 valence electrons. The summed E-state index contributed by atoms with van der Waals surface area (Å²) in [5.74, 6) is -0.451. The first-order valence-corrected chi connectivity index (χ1v) is 7.96. The van der Waals surface area contributed by atoms with Crippen LogP contribution in [0.15, 0.2) is 17.5 Å². The highest BCUT2D eigenvalue weighted by molar-refractivity contribution is 7.10. The SMILES string of the molecule is CC(C)[C@H](N)C(=O)NCC(=O)NCC(C)(C)c1cccs1.Cl. The minimum Gasteiger partial charge on any atom is -0.354 e. The van der Waals surface area contributed by atoms with Gasteiger partial charge in [0.15, 0.2) is 0 Å². The largest absolute Gasteiger partial charge is 0.354 e. The fourth-order valence-electron chi connectivity index (χ4n) is 1.72. The number of nitrogens with two attached hydrogens (primary N) is 1. The van der Waals surface area contributed by atoms with Crippen molar-refractivity contribution in [1.29, 1.82) is 0 Å². The Kier molecular flexibility index (Phi) is 8.66. The fraction of sp³-hybridized carbons (Fsp3) is 0.600. The Morgan fingerprint density at radius 2 is 1.95 bits per heavy atom. The first-order valence-electron chi connectivity index (χ1n) is 7.08. The predicted octanol–water partition coefficient (Wildman–Crippen LogP) is 1.66. The van der Waals surface area contributed by atoms with E-state index < -0.39 is 6.04 Å². The van der Waals surface area contributed by atoms with Crippen molar-refractivity contribution >= 4 is 35.6 Å². The molecule has 0 spiro atoms. The third-order valence-corrected chi connectivity index (χ3v) is 4.60. The number of carbonyl (C=O) groups excluding carboxylic acids is 2. The summed E-state index contributed by atoms with van der Waals surface area (Å²) in [7, 11) is 0. The Bertz CT molecular complexity index is 475. The normalized spacial score (nSPS) is 12.5. The lowest BCUT2D eigenvalue weighted by Gasteiger charge is -2.23. The molecule has 5 nitrogen and oxygen atoms in total. The molecule has 0 aromatic carbocycles. The zero-order valence-electron chi connectivity index (χ0n) is 13.5. The summed E-state index contributed by atoms with van der Waals surface area (Å²) in [6, 6.07) is 3.47. The highest BCUT2D eigenvalue weighted by atomic mass is 35.5. The van der Waals surface area contributed by atoms with E-state index in [4.69, 9.17) is 5.73 Å². The maximum atomic E-state index is 11.8. The van der Waals surface area contributed by atoms with Crippen molar-refractivity contribution in [3.05, 3.63) is 22.4 Å². The van der Waals surface area contributed by atoms with Crippen LogP contribution in [0.4, 0.5) is 0 Å². The second-order valence-corrected chi connectivity index (χ2v) is 7.07. The zero-order valence-corrected chi connectivity index (χ0v) is 15.1. The smallest absolute Gasteiger partial charge is 0.239 e. The molecule has 0 aliphatic carbocycles. The number of amides is 2. The maximum absolute atomic E-state index is 11.8. The molecular weight excluding hydrogens is 322 g/mol. The van der Waals surface area contributed by atoms with Gasteiger partial charge in [0, 0.05) is 16.8 Å². The lowest BCUT2D eigenvalue weighted by Crippen LogP contribution is -2.48. The number of hydrogen-bond donors (Lipinski definition) is 3. The van der Waals surface area contributed by atoms with Gasteiger partial charge in [-0.1, -0.05) is 33.8 Å². The number of thiophene rings is 1. The van der Waals surface area contributed by atoms with Crippen molar-refractivity contribution < 1.29 is 9.59 Å². The zero-order chi connectivity index (χ0) is 16.0. The molecule has 1 aromatic rings. The molecule has 0 saturated carbocycles. The van der Waals surface area contributed by atoms with E-state index in [1.54, 1.807) is 11.3 Å². The van der Waals surface area contributed by atoms with Crippen molar-refractivity contribution in [3.8, 4) is 0 Å². The summed E-state index contributed by atoms with van der Waals surface area (Å²) in [6.07, 6.45) is 0. The summed E-state index contributed by atoms with van der Waals surface area (Å²) < 4.78 is 0. The molecule has 1 rings (SSSR count). The second-order valence-electron chi connectivity index (χ2n) is 6.13. The maximum Gasteiger partial charge on any atom is 0.239 e. The van der Waals surface area contributed by atoms with Gasteiger partial charge in [0.1, 0.15) is 0 Å². The van der Waals surface area contributed by atoms with Gasteiger partial charge in [-0.25, -0.2) is 0 Å². The fourth-order valence-corrected chi connectivity index (χ4v) is 2.57. The van der Waals surface area contributed by atoms with Gasteiger partial charge in [0.05, 0.1) is 12.6 Å². The molecule has 0 unspecified atom stereocenters. The molecule has 0 aliphatic heterocycles. The molecule has 22 heavy (non-hydrogen) atoms. The molecule has 1 aromatic heterocycles. The van der Waals surface area contributed by atoms with Gasteiger partial charge in [-0.2, -0.15) is 0 Å². The van der Waals surface area contributed by atoms with Crippen LogP contribution in [0.2, 0.25) is 0 Å². The topological polar surface area (TPSA) is 84.2 Å². The lowest BCUT2D eigenvalue weighted by molar-refractivity contribution is -0.127. The Balaban J connectivity index is 0.00000441.